The zero-order chi connectivity index (χ0) is 16.1. The molecule has 1 atom stereocenters. The Balaban J connectivity index is 1.53. The first kappa shape index (κ1) is 16.5. The van der Waals surface area contributed by atoms with Crippen molar-refractivity contribution >= 4 is 29.2 Å². The third-order valence-corrected chi connectivity index (χ3v) is 5.29. The van der Waals surface area contributed by atoms with E-state index in [1.807, 2.05) is 24.8 Å². The molecule has 3 rings (SSSR count). The molecule has 5 nitrogen and oxygen atoms in total. The number of anilines is 2. The predicted octanol–water partition coefficient (Wildman–Crippen LogP) is 2.85. The standard InChI is InChI=1S/C17H25N3O2S/c1-13-11-14(20-6-9-23-10-7-20)4-5-16(13)19-17(21)18-12-15-3-2-8-22-15/h4-5,11,15H,2-3,6-10,12H2,1H3,(H2,18,19,21). The average Bonchev–Trinajstić information content (AvgIpc) is 3.09. The molecule has 0 aliphatic carbocycles. The van der Waals surface area contributed by atoms with E-state index in [2.05, 4.69) is 27.7 Å². The first-order valence-corrected chi connectivity index (χ1v) is 9.47. The number of urea groups is 1. The molecule has 2 amide bonds. The van der Waals surface area contributed by atoms with Crippen LogP contribution in [0.25, 0.3) is 0 Å². The van der Waals surface area contributed by atoms with E-state index in [-0.39, 0.29) is 12.1 Å². The molecular formula is C17H25N3O2S. The van der Waals surface area contributed by atoms with E-state index in [9.17, 15) is 4.79 Å². The van der Waals surface area contributed by atoms with E-state index < -0.39 is 0 Å². The van der Waals surface area contributed by atoms with Gasteiger partial charge in [0, 0.05) is 49.1 Å². The SMILES string of the molecule is Cc1cc(N2CCSCC2)ccc1NC(=O)NCC1CCCO1. The summed E-state index contributed by atoms with van der Waals surface area (Å²) in [6.07, 6.45) is 2.28. The third kappa shape index (κ3) is 4.54. The van der Waals surface area contributed by atoms with Crippen LogP contribution in [0.15, 0.2) is 18.2 Å². The molecule has 6 heteroatoms. The maximum atomic E-state index is 12.0. The topological polar surface area (TPSA) is 53.6 Å². The lowest BCUT2D eigenvalue weighted by Gasteiger charge is -2.29. The van der Waals surface area contributed by atoms with Crippen LogP contribution < -0.4 is 15.5 Å². The Morgan fingerprint density at radius 3 is 2.91 bits per heavy atom. The highest BCUT2D eigenvalue weighted by Gasteiger charge is 2.16. The molecule has 0 bridgehead atoms. The van der Waals surface area contributed by atoms with Crippen molar-refractivity contribution in [2.75, 3.05) is 48.0 Å². The number of carbonyl (C=O) groups excluding carboxylic acids is 1. The number of carbonyl (C=O) groups is 1. The summed E-state index contributed by atoms with van der Waals surface area (Å²) in [5, 5.41) is 5.83. The molecule has 23 heavy (non-hydrogen) atoms. The lowest BCUT2D eigenvalue weighted by atomic mass is 10.1. The summed E-state index contributed by atoms with van der Waals surface area (Å²) in [5.41, 5.74) is 3.20. The Kier molecular flexibility index (Phi) is 5.67. The van der Waals surface area contributed by atoms with Gasteiger partial charge in [0.1, 0.15) is 0 Å². The summed E-state index contributed by atoms with van der Waals surface area (Å²) in [5.74, 6) is 2.37. The summed E-state index contributed by atoms with van der Waals surface area (Å²) in [4.78, 5) is 14.4. The van der Waals surface area contributed by atoms with Crippen LogP contribution in [0.4, 0.5) is 16.2 Å². The van der Waals surface area contributed by atoms with Crippen LogP contribution in [0, 0.1) is 6.92 Å². The quantitative estimate of drug-likeness (QED) is 0.888. The molecule has 2 aliphatic heterocycles. The molecule has 1 aromatic rings. The zero-order valence-corrected chi connectivity index (χ0v) is 14.5. The summed E-state index contributed by atoms with van der Waals surface area (Å²) >= 11 is 2.01. The van der Waals surface area contributed by atoms with Crippen molar-refractivity contribution in [3.05, 3.63) is 23.8 Å². The Labute approximate surface area is 142 Å². The van der Waals surface area contributed by atoms with Gasteiger partial charge in [0.2, 0.25) is 0 Å². The van der Waals surface area contributed by atoms with E-state index in [4.69, 9.17) is 4.74 Å². The Hall–Kier alpha value is -1.40. The number of hydrogen-bond donors (Lipinski definition) is 2. The minimum atomic E-state index is -0.161. The predicted molar refractivity (Wildman–Crippen MR) is 96.7 cm³/mol. The van der Waals surface area contributed by atoms with Gasteiger partial charge in [-0.1, -0.05) is 0 Å². The molecule has 0 spiro atoms. The second-order valence-corrected chi connectivity index (χ2v) is 7.29. The lowest BCUT2D eigenvalue weighted by Crippen LogP contribution is -2.35. The Bertz CT molecular complexity index is 541. The first-order valence-electron chi connectivity index (χ1n) is 8.32. The fourth-order valence-corrected chi connectivity index (χ4v) is 3.89. The van der Waals surface area contributed by atoms with Gasteiger partial charge in [-0.3, -0.25) is 0 Å². The number of aryl methyl sites for hydroxylation is 1. The van der Waals surface area contributed by atoms with Crippen molar-refractivity contribution < 1.29 is 9.53 Å². The van der Waals surface area contributed by atoms with Crippen molar-refractivity contribution in [2.45, 2.75) is 25.9 Å². The zero-order valence-electron chi connectivity index (χ0n) is 13.6. The van der Waals surface area contributed by atoms with Crippen LogP contribution in [0.5, 0.6) is 0 Å². The largest absolute Gasteiger partial charge is 0.376 e. The molecule has 0 radical (unpaired) electrons. The van der Waals surface area contributed by atoms with E-state index in [1.165, 1.54) is 17.2 Å². The van der Waals surface area contributed by atoms with Crippen molar-refractivity contribution in [1.82, 2.24) is 5.32 Å². The summed E-state index contributed by atoms with van der Waals surface area (Å²) < 4.78 is 5.51. The molecule has 0 aromatic heterocycles. The van der Waals surface area contributed by atoms with Gasteiger partial charge in [-0.25, -0.2) is 4.79 Å². The molecule has 1 unspecified atom stereocenters. The molecular weight excluding hydrogens is 310 g/mol. The van der Waals surface area contributed by atoms with Gasteiger partial charge < -0.3 is 20.3 Å². The number of hydrogen-bond acceptors (Lipinski definition) is 4. The Morgan fingerprint density at radius 2 is 2.22 bits per heavy atom. The normalized spacial score (nSPS) is 21.3. The molecule has 2 heterocycles. The third-order valence-electron chi connectivity index (χ3n) is 4.35. The highest BCUT2D eigenvalue weighted by atomic mass is 32.2. The molecule has 0 saturated carbocycles. The highest BCUT2D eigenvalue weighted by molar-refractivity contribution is 7.99. The number of nitrogens with zero attached hydrogens (tertiary/aromatic N) is 1. The van der Waals surface area contributed by atoms with Crippen LogP contribution >= 0.6 is 11.8 Å². The number of rotatable bonds is 4. The maximum Gasteiger partial charge on any atom is 0.319 e. The molecule has 2 N–H and O–H groups in total. The highest BCUT2D eigenvalue weighted by Crippen LogP contribution is 2.25. The summed E-state index contributed by atoms with van der Waals surface area (Å²) in [7, 11) is 0. The maximum absolute atomic E-state index is 12.0. The van der Waals surface area contributed by atoms with Gasteiger partial charge in [-0.15, -0.1) is 0 Å². The number of thioether (sulfide) groups is 1. The monoisotopic (exact) mass is 335 g/mol. The van der Waals surface area contributed by atoms with Gasteiger partial charge in [-0.2, -0.15) is 11.8 Å². The average molecular weight is 335 g/mol. The van der Waals surface area contributed by atoms with Crippen molar-refractivity contribution in [2.24, 2.45) is 0 Å². The second-order valence-electron chi connectivity index (χ2n) is 6.07. The molecule has 2 fully saturated rings. The summed E-state index contributed by atoms with van der Waals surface area (Å²) in [6.45, 7) is 5.62. The van der Waals surface area contributed by atoms with Gasteiger partial charge >= 0.3 is 6.03 Å². The van der Waals surface area contributed by atoms with Crippen LogP contribution in [0.3, 0.4) is 0 Å². The number of amides is 2. The first-order chi connectivity index (χ1) is 11.2. The number of nitrogens with one attached hydrogen (secondary N) is 2. The van der Waals surface area contributed by atoms with Gasteiger partial charge in [0.25, 0.3) is 0 Å². The van der Waals surface area contributed by atoms with Gasteiger partial charge in [-0.05, 0) is 43.5 Å². The van der Waals surface area contributed by atoms with E-state index in [0.29, 0.717) is 6.54 Å². The fourth-order valence-electron chi connectivity index (χ4n) is 2.98. The van der Waals surface area contributed by atoms with E-state index in [1.54, 1.807) is 0 Å². The van der Waals surface area contributed by atoms with Crippen molar-refractivity contribution in [3.8, 4) is 0 Å². The van der Waals surface area contributed by atoms with Gasteiger partial charge in [0.15, 0.2) is 0 Å². The van der Waals surface area contributed by atoms with E-state index >= 15 is 0 Å². The van der Waals surface area contributed by atoms with Crippen LogP contribution in [0.1, 0.15) is 18.4 Å². The van der Waals surface area contributed by atoms with Crippen LogP contribution in [-0.2, 0) is 4.74 Å². The van der Waals surface area contributed by atoms with Crippen molar-refractivity contribution in [3.63, 3.8) is 0 Å². The fraction of sp³-hybridized carbons (Fsp3) is 0.588. The minimum absolute atomic E-state index is 0.161. The minimum Gasteiger partial charge on any atom is -0.376 e. The van der Waals surface area contributed by atoms with Crippen molar-refractivity contribution in [1.29, 1.82) is 0 Å². The number of benzene rings is 1. The molecule has 2 aliphatic rings. The number of ether oxygens (including phenoxy) is 1. The molecule has 126 valence electrons. The second kappa shape index (κ2) is 7.93. The summed E-state index contributed by atoms with van der Waals surface area (Å²) in [6, 6.07) is 6.09. The Morgan fingerprint density at radius 1 is 1.39 bits per heavy atom. The molecule has 2 saturated heterocycles. The molecule has 1 aromatic carbocycles. The van der Waals surface area contributed by atoms with E-state index in [0.717, 1.165) is 43.8 Å². The van der Waals surface area contributed by atoms with Crippen LogP contribution in [-0.4, -0.2) is 49.9 Å². The lowest BCUT2D eigenvalue weighted by molar-refractivity contribution is 0.112. The van der Waals surface area contributed by atoms with Crippen LogP contribution in [0.2, 0.25) is 0 Å². The van der Waals surface area contributed by atoms with Gasteiger partial charge in [0.05, 0.1) is 6.10 Å². The smallest absolute Gasteiger partial charge is 0.319 e.